The molecule has 94 valence electrons. The fraction of sp³-hybridized carbons (Fsp3) is 0.250. The number of aryl methyl sites for hydroxylation is 2. The molecule has 2 heteroatoms. The van der Waals surface area contributed by atoms with Crippen molar-refractivity contribution in [3.63, 3.8) is 0 Å². The third kappa shape index (κ3) is 2.94. The van der Waals surface area contributed by atoms with Gasteiger partial charge in [-0.3, -0.25) is 0 Å². The quantitative estimate of drug-likeness (QED) is 0.844. The summed E-state index contributed by atoms with van der Waals surface area (Å²) in [6, 6.07) is 14.9. The molecular weight excluding hydrogens is 286 g/mol. The zero-order valence-corrected chi connectivity index (χ0v) is 12.4. The Kier molecular flexibility index (Phi) is 4.43. The third-order valence-electron chi connectivity index (χ3n) is 3.16. The summed E-state index contributed by atoms with van der Waals surface area (Å²) in [5, 5.41) is 3.50. The van der Waals surface area contributed by atoms with Crippen LogP contribution in [0.4, 0.5) is 5.69 Å². The minimum atomic E-state index is 0.867. The Balaban J connectivity index is 2.14. The van der Waals surface area contributed by atoms with E-state index in [0.29, 0.717) is 0 Å². The Hall–Kier alpha value is -1.28. The van der Waals surface area contributed by atoms with Gasteiger partial charge >= 0.3 is 0 Å². The summed E-state index contributed by atoms with van der Waals surface area (Å²) in [4.78, 5) is 0. The summed E-state index contributed by atoms with van der Waals surface area (Å²) in [5.74, 6) is 0. The van der Waals surface area contributed by atoms with Crippen molar-refractivity contribution in [2.75, 3.05) is 5.32 Å². The molecule has 0 bridgehead atoms. The zero-order chi connectivity index (χ0) is 13.0. The van der Waals surface area contributed by atoms with Crippen molar-refractivity contribution in [2.24, 2.45) is 0 Å². The first-order chi connectivity index (χ1) is 8.72. The lowest BCUT2D eigenvalue weighted by Gasteiger charge is -2.12. The molecule has 0 heterocycles. The van der Waals surface area contributed by atoms with E-state index in [4.69, 9.17) is 0 Å². The molecule has 1 N–H and O–H groups in total. The third-order valence-corrected chi connectivity index (χ3v) is 4.21. The summed E-state index contributed by atoms with van der Waals surface area (Å²) < 4.78 is 1.15. The molecule has 0 spiro atoms. The van der Waals surface area contributed by atoms with E-state index in [2.05, 4.69) is 77.6 Å². The van der Waals surface area contributed by atoms with Crippen LogP contribution in [-0.4, -0.2) is 0 Å². The van der Waals surface area contributed by atoms with Crippen LogP contribution in [-0.2, 0) is 13.0 Å². The Labute approximate surface area is 117 Å². The van der Waals surface area contributed by atoms with Crippen LogP contribution in [0.5, 0.6) is 0 Å². The fourth-order valence-corrected chi connectivity index (χ4v) is 2.45. The van der Waals surface area contributed by atoms with Crippen LogP contribution in [0.3, 0.4) is 0 Å². The van der Waals surface area contributed by atoms with Crippen LogP contribution in [0.15, 0.2) is 46.9 Å². The molecule has 1 nitrogen and oxygen atoms in total. The van der Waals surface area contributed by atoms with E-state index >= 15 is 0 Å². The minimum absolute atomic E-state index is 0.867. The summed E-state index contributed by atoms with van der Waals surface area (Å²) in [7, 11) is 0. The van der Waals surface area contributed by atoms with E-state index < -0.39 is 0 Å². The highest BCUT2D eigenvalue weighted by Gasteiger charge is 2.03. The molecule has 0 aliphatic rings. The van der Waals surface area contributed by atoms with Crippen LogP contribution in [0.25, 0.3) is 0 Å². The largest absolute Gasteiger partial charge is 0.380 e. The van der Waals surface area contributed by atoms with Crippen LogP contribution in [0.2, 0.25) is 0 Å². The predicted octanol–water partition coefficient (Wildman–Crippen LogP) is 4.93. The number of nitrogens with one attached hydrogen (secondary N) is 1. The molecule has 0 radical (unpaired) electrons. The first kappa shape index (κ1) is 13.2. The van der Waals surface area contributed by atoms with Gasteiger partial charge in [-0.25, -0.2) is 0 Å². The molecule has 0 aliphatic heterocycles. The van der Waals surface area contributed by atoms with Gasteiger partial charge in [0.05, 0.1) is 0 Å². The second kappa shape index (κ2) is 6.05. The number of anilines is 1. The van der Waals surface area contributed by atoms with Crippen molar-refractivity contribution < 1.29 is 0 Å². The van der Waals surface area contributed by atoms with Gasteiger partial charge in [-0.15, -0.1) is 0 Å². The molecule has 0 unspecified atom stereocenters. The highest BCUT2D eigenvalue weighted by molar-refractivity contribution is 9.10. The van der Waals surface area contributed by atoms with Gasteiger partial charge < -0.3 is 5.32 Å². The molecule has 2 rings (SSSR count). The summed E-state index contributed by atoms with van der Waals surface area (Å²) in [6.07, 6.45) is 1.08. The van der Waals surface area contributed by atoms with Gasteiger partial charge in [0.2, 0.25) is 0 Å². The number of benzene rings is 2. The molecule has 0 amide bonds. The number of hydrogen-bond acceptors (Lipinski definition) is 1. The summed E-state index contributed by atoms with van der Waals surface area (Å²) in [6.45, 7) is 5.17. The molecular formula is C16H18BrN. The molecule has 0 saturated heterocycles. The first-order valence-electron chi connectivity index (χ1n) is 6.28. The highest BCUT2D eigenvalue weighted by Crippen LogP contribution is 2.26. The SMILES string of the molecule is CCc1ccccc1CNc1cccc(C)c1Br. The van der Waals surface area contributed by atoms with Crippen LogP contribution >= 0.6 is 15.9 Å². The van der Waals surface area contributed by atoms with E-state index in [1.54, 1.807) is 0 Å². The van der Waals surface area contributed by atoms with Crippen molar-refractivity contribution in [3.05, 3.63) is 63.6 Å². The van der Waals surface area contributed by atoms with Crippen molar-refractivity contribution >= 4 is 21.6 Å². The van der Waals surface area contributed by atoms with Crippen LogP contribution < -0.4 is 5.32 Å². The standard InChI is InChI=1S/C16H18BrN/c1-3-13-8-4-5-9-14(13)11-18-15-10-6-7-12(2)16(15)17/h4-10,18H,3,11H2,1-2H3. The smallest absolute Gasteiger partial charge is 0.0490 e. The molecule has 0 fully saturated rings. The van der Waals surface area contributed by atoms with Crippen molar-refractivity contribution in [1.29, 1.82) is 0 Å². The van der Waals surface area contributed by atoms with Gasteiger partial charge in [0.15, 0.2) is 0 Å². The Morgan fingerprint density at radius 2 is 1.72 bits per heavy atom. The summed E-state index contributed by atoms with van der Waals surface area (Å²) in [5.41, 5.74) is 5.19. The van der Waals surface area contributed by atoms with E-state index in [9.17, 15) is 0 Å². The molecule has 2 aromatic rings. The number of rotatable bonds is 4. The molecule has 0 atom stereocenters. The maximum Gasteiger partial charge on any atom is 0.0490 e. The maximum absolute atomic E-state index is 3.63. The molecule has 18 heavy (non-hydrogen) atoms. The van der Waals surface area contributed by atoms with Crippen molar-refractivity contribution in [1.82, 2.24) is 0 Å². The maximum atomic E-state index is 3.63. The first-order valence-corrected chi connectivity index (χ1v) is 7.07. The van der Waals surface area contributed by atoms with Crippen LogP contribution in [0.1, 0.15) is 23.6 Å². The molecule has 2 aromatic carbocycles. The lowest BCUT2D eigenvalue weighted by Crippen LogP contribution is -2.03. The predicted molar refractivity (Wildman–Crippen MR) is 82.0 cm³/mol. The van der Waals surface area contributed by atoms with Gasteiger partial charge in [-0.05, 0) is 52.0 Å². The van der Waals surface area contributed by atoms with E-state index in [1.807, 2.05) is 0 Å². The van der Waals surface area contributed by atoms with Gasteiger partial charge in [-0.2, -0.15) is 0 Å². The van der Waals surface area contributed by atoms with E-state index in [0.717, 1.165) is 23.1 Å². The Bertz CT molecular complexity index is 534. The minimum Gasteiger partial charge on any atom is -0.380 e. The van der Waals surface area contributed by atoms with Gasteiger partial charge in [-0.1, -0.05) is 43.3 Å². The van der Waals surface area contributed by atoms with E-state index in [-0.39, 0.29) is 0 Å². The molecule has 0 aliphatic carbocycles. The number of hydrogen-bond donors (Lipinski definition) is 1. The van der Waals surface area contributed by atoms with Crippen molar-refractivity contribution in [2.45, 2.75) is 26.8 Å². The Morgan fingerprint density at radius 1 is 1.00 bits per heavy atom. The molecule has 0 aromatic heterocycles. The monoisotopic (exact) mass is 303 g/mol. The summed E-state index contributed by atoms with van der Waals surface area (Å²) >= 11 is 3.63. The topological polar surface area (TPSA) is 12.0 Å². The second-order valence-electron chi connectivity index (χ2n) is 4.41. The van der Waals surface area contributed by atoms with Crippen molar-refractivity contribution in [3.8, 4) is 0 Å². The lowest BCUT2D eigenvalue weighted by atomic mass is 10.1. The molecule has 0 saturated carbocycles. The Morgan fingerprint density at radius 3 is 2.44 bits per heavy atom. The van der Waals surface area contributed by atoms with E-state index in [1.165, 1.54) is 16.7 Å². The average Bonchev–Trinajstić information content (AvgIpc) is 2.41. The fourth-order valence-electron chi connectivity index (χ4n) is 2.05. The normalized spacial score (nSPS) is 10.4. The highest BCUT2D eigenvalue weighted by atomic mass is 79.9. The number of halogens is 1. The lowest BCUT2D eigenvalue weighted by molar-refractivity contribution is 1.04. The average molecular weight is 304 g/mol. The van der Waals surface area contributed by atoms with Gasteiger partial charge in [0.1, 0.15) is 0 Å². The zero-order valence-electron chi connectivity index (χ0n) is 10.8. The van der Waals surface area contributed by atoms with Crippen LogP contribution in [0, 0.1) is 6.92 Å². The van der Waals surface area contributed by atoms with Gasteiger partial charge in [0, 0.05) is 16.7 Å². The van der Waals surface area contributed by atoms with Gasteiger partial charge in [0.25, 0.3) is 0 Å². The second-order valence-corrected chi connectivity index (χ2v) is 5.21.